The molecule has 0 aromatic carbocycles. The van der Waals surface area contributed by atoms with Crippen LogP contribution in [0.2, 0.25) is 0 Å². The van der Waals surface area contributed by atoms with Crippen LogP contribution < -0.4 is 0 Å². The number of H-pyrrole nitrogens is 1. The highest BCUT2D eigenvalue weighted by Gasteiger charge is 2.26. The van der Waals surface area contributed by atoms with Crippen LogP contribution in [0.25, 0.3) is 0 Å². The molecule has 6 heteroatoms. The Morgan fingerprint density at radius 1 is 1.09 bits per heavy atom. The molecule has 0 amide bonds. The first kappa shape index (κ1) is 18.9. The van der Waals surface area contributed by atoms with Gasteiger partial charge in [-0.2, -0.15) is 0 Å². The van der Waals surface area contributed by atoms with Crippen molar-refractivity contribution in [2.75, 3.05) is 6.61 Å². The Kier molecular flexibility index (Phi) is 5.75. The van der Waals surface area contributed by atoms with E-state index in [1.54, 1.807) is 48.5 Å². The number of ether oxygens (including phenoxy) is 2. The highest BCUT2D eigenvalue weighted by atomic mass is 16.5. The van der Waals surface area contributed by atoms with Gasteiger partial charge in [0.15, 0.2) is 12.4 Å². The quantitative estimate of drug-likeness (QED) is 0.842. The monoisotopic (exact) mass is 323 g/mol. The molecule has 0 aliphatic rings. The first-order valence-electron chi connectivity index (χ1n) is 7.55. The number of nitrogens with one attached hydrogen (secondary N) is 1. The fraction of sp³-hybridized carbons (Fsp3) is 0.588. The predicted octanol–water partition coefficient (Wildman–Crippen LogP) is 2.97. The molecule has 1 rings (SSSR count). The Bertz CT molecular complexity index is 620. The summed E-state index contributed by atoms with van der Waals surface area (Å²) in [5.74, 6) is -1.32. The Hall–Kier alpha value is -2.11. The Morgan fingerprint density at radius 3 is 2.13 bits per heavy atom. The number of hydrogen-bond acceptors (Lipinski definition) is 5. The second-order valence-corrected chi connectivity index (χ2v) is 6.83. The number of Topliss-reactive ketones (excluding diaryl/α,β-unsaturated/α-hetero) is 1. The number of aryl methyl sites for hydroxylation is 1. The van der Waals surface area contributed by atoms with E-state index in [0.717, 1.165) is 0 Å². The van der Waals surface area contributed by atoms with Crippen molar-refractivity contribution in [1.29, 1.82) is 0 Å². The zero-order chi connectivity index (χ0) is 17.9. The molecule has 0 fully saturated rings. The summed E-state index contributed by atoms with van der Waals surface area (Å²) in [5, 5.41) is 0. The van der Waals surface area contributed by atoms with Gasteiger partial charge in [0.2, 0.25) is 0 Å². The molecule has 0 radical (unpaired) electrons. The van der Waals surface area contributed by atoms with Crippen LogP contribution in [0.1, 0.15) is 66.7 Å². The van der Waals surface area contributed by atoms with Crippen molar-refractivity contribution in [1.82, 2.24) is 4.98 Å². The molecule has 23 heavy (non-hydrogen) atoms. The smallest absolute Gasteiger partial charge is 0.355 e. The minimum atomic E-state index is -0.660. The largest absolute Gasteiger partial charge is 0.459 e. The minimum absolute atomic E-state index is 0.167. The highest BCUT2D eigenvalue weighted by molar-refractivity contribution is 5.99. The number of ketones is 1. The first-order valence-corrected chi connectivity index (χ1v) is 7.55. The molecule has 1 aromatic heterocycles. The van der Waals surface area contributed by atoms with Crippen molar-refractivity contribution in [3.05, 3.63) is 22.5 Å². The van der Waals surface area contributed by atoms with Crippen LogP contribution in [0, 0.1) is 19.3 Å². The maximum atomic E-state index is 12.1. The van der Waals surface area contributed by atoms with E-state index in [2.05, 4.69) is 4.98 Å². The van der Waals surface area contributed by atoms with E-state index in [0.29, 0.717) is 16.8 Å². The molecule has 1 heterocycles. The molecule has 128 valence electrons. The van der Waals surface area contributed by atoms with E-state index in [-0.39, 0.29) is 24.2 Å². The van der Waals surface area contributed by atoms with Crippen molar-refractivity contribution in [2.24, 2.45) is 5.41 Å². The number of carbonyl (C=O) groups excluding carboxylic acids is 3. The van der Waals surface area contributed by atoms with Gasteiger partial charge in [0.05, 0.1) is 11.7 Å². The maximum absolute atomic E-state index is 12.1. The Labute approximate surface area is 136 Å². The van der Waals surface area contributed by atoms with Gasteiger partial charge in [-0.25, -0.2) is 9.59 Å². The fourth-order valence-corrected chi connectivity index (χ4v) is 1.95. The summed E-state index contributed by atoms with van der Waals surface area (Å²) in [6.07, 6.45) is -0.254. The molecule has 0 aliphatic carbocycles. The van der Waals surface area contributed by atoms with Gasteiger partial charge in [-0.1, -0.05) is 20.8 Å². The van der Waals surface area contributed by atoms with Gasteiger partial charge in [0.25, 0.3) is 0 Å². The summed E-state index contributed by atoms with van der Waals surface area (Å²) < 4.78 is 10.2. The van der Waals surface area contributed by atoms with Crippen molar-refractivity contribution in [2.45, 2.75) is 54.6 Å². The van der Waals surface area contributed by atoms with Crippen LogP contribution in [0.15, 0.2) is 0 Å². The van der Waals surface area contributed by atoms with Crippen LogP contribution in [-0.2, 0) is 14.3 Å². The lowest BCUT2D eigenvalue weighted by atomic mass is 9.91. The lowest BCUT2D eigenvalue weighted by Gasteiger charge is -2.16. The molecule has 1 aromatic rings. The third-order valence-electron chi connectivity index (χ3n) is 3.36. The predicted molar refractivity (Wildman–Crippen MR) is 85.6 cm³/mol. The Morgan fingerprint density at radius 2 is 1.65 bits per heavy atom. The molecular formula is C17H25NO5. The van der Waals surface area contributed by atoms with Gasteiger partial charge in [-0.05, 0) is 33.3 Å². The summed E-state index contributed by atoms with van der Waals surface area (Å²) in [6, 6.07) is 0. The van der Waals surface area contributed by atoms with Gasteiger partial charge < -0.3 is 14.5 Å². The average Bonchev–Trinajstić information content (AvgIpc) is 2.68. The molecule has 6 nitrogen and oxygen atoms in total. The minimum Gasteiger partial charge on any atom is -0.459 e. The second kappa shape index (κ2) is 6.98. The summed E-state index contributed by atoms with van der Waals surface area (Å²) in [5.41, 5.74) is 0.907. The fourth-order valence-electron chi connectivity index (χ4n) is 1.95. The molecule has 0 saturated carbocycles. The van der Waals surface area contributed by atoms with Crippen molar-refractivity contribution < 1.29 is 23.9 Å². The normalized spacial score (nSPS) is 11.5. The SMILES string of the molecule is Cc1[nH]c(C(=O)OCC(=O)C(C)(C)C)c(C)c1C(=O)OC(C)C. The maximum Gasteiger partial charge on any atom is 0.355 e. The van der Waals surface area contributed by atoms with Crippen LogP contribution in [-0.4, -0.2) is 35.4 Å². The molecular weight excluding hydrogens is 298 g/mol. The zero-order valence-electron chi connectivity index (χ0n) is 14.8. The van der Waals surface area contributed by atoms with Crippen LogP contribution in [0.5, 0.6) is 0 Å². The summed E-state index contributed by atoms with van der Waals surface area (Å²) in [6.45, 7) is 11.8. The summed E-state index contributed by atoms with van der Waals surface area (Å²) in [7, 11) is 0. The lowest BCUT2D eigenvalue weighted by molar-refractivity contribution is -0.129. The number of aromatic nitrogens is 1. The van der Waals surface area contributed by atoms with Gasteiger partial charge >= 0.3 is 11.9 Å². The van der Waals surface area contributed by atoms with Gasteiger partial charge in [-0.15, -0.1) is 0 Å². The third kappa shape index (κ3) is 4.68. The topological polar surface area (TPSA) is 85.5 Å². The number of esters is 2. The van der Waals surface area contributed by atoms with E-state index in [4.69, 9.17) is 9.47 Å². The average molecular weight is 323 g/mol. The van der Waals surface area contributed by atoms with E-state index < -0.39 is 17.4 Å². The van der Waals surface area contributed by atoms with Crippen LogP contribution in [0.4, 0.5) is 0 Å². The number of carbonyl (C=O) groups is 3. The van der Waals surface area contributed by atoms with Gasteiger partial charge in [0, 0.05) is 11.1 Å². The van der Waals surface area contributed by atoms with Crippen LogP contribution in [0.3, 0.4) is 0 Å². The van der Waals surface area contributed by atoms with E-state index in [1.165, 1.54) is 0 Å². The van der Waals surface area contributed by atoms with E-state index in [1.807, 2.05) is 0 Å². The van der Waals surface area contributed by atoms with Crippen molar-refractivity contribution in [3.63, 3.8) is 0 Å². The van der Waals surface area contributed by atoms with Crippen molar-refractivity contribution in [3.8, 4) is 0 Å². The molecule has 1 N–H and O–H groups in total. The highest BCUT2D eigenvalue weighted by Crippen LogP contribution is 2.21. The van der Waals surface area contributed by atoms with Gasteiger partial charge in [-0.3, -0.25) is 4.79 Å². The molecule has 0 spiro atoms. The molecule has 0 unspecified atom stereocenters. The van der Waals surface area contributed by atoms with Crippen LogP contribution >= 0.6 is 0 Å². The first-order chi connectivity index (χ1) is 10.4. The Balaban J connectivity index is 2.92. The number of aromatic amines is 1. The second-order valence-electron chi connectivity index (χ2n) is 6.83. The number of rotatable bonds is 5. The molecule has 0 bridgehead atoms. The van der Waals surface area contributed by atoms with E-state index >= 15 is 0 Å². The summed E-state index contributed by atoms with van der Waals surface area (Å²) >= 11 is 0. The molecule has 0 aliphatic heterocycles. The van der Waals surface area contributed by atoms with E-state index in [9.17, 15) is 14.4 Å². The standard InChI is InChI=1S/C17H25NO5/c1-9(2)23-15(20)13-10(3)14(18-11(13)4)16(21)22-8-12(19)17(5,6)7/h9,18H,8H2,1-7H3. The zero-order valence-corrected chi connectivity index (χ0v) is 14.8. The van der Waals surface area contributed by atoms with Crippen molar-refractivity contribution >= 4 is 17.7 Å². The number of hydrogen-bond donors (Lipinski definition) is 1. The van der Waals surface area contributed by atoms with Gasteiger partial charge in [0.1, 0.15) is 5.69 Å². The molecule has 0 atom stereocenters. The molecule has 0 saturated heterocycles. The lowest BCUT2D eigenvalue weighted by Crippen LogP contribution is -2.26. The third-order valence-corrected chi connectivity index (χ3v) is 3.36. The summed E-state index contributed by atoms with van der Waals surface area (Å²) in [4.78, 5) is 38.9.